The van der Waals surface area contributed by atoms with Crippen molar-refractivity contribution >= 4 is 6.09 Å². The van der Waals surface area contributed by atoms with Crippen LogP contribution in [0.3, 0.4) is 0 Å². The number of ether oxygens (including phenoxy) is 1. The molecule has 2 N–H and O–H groups in total. The molecule has 0 aromatic heterocycles. The van der Waals surface area contributed by atoms with Crippen LogP contribution in [0.5, 0.6) is 0 Å². The van der Waals surface area contributed by atoms with E-state index in [1.165, 1.54) is 16.7 Å². The number of hydrogen-bond donors (Lipinski definition) is 1. The molecule has 1 saturated heterocycles. The summed E-state index contributed by atoms with van der Waals surface area (Å²) in [5, 5.41) is 0. The summed E-state index contributed by atoms with van der Waals surface area (Å²) in [7, 11) is 0. The highest BCUT2D eigenvalue weighted by molar-refractivity contribution is 5.68. The molecule has 1 spiro atoms. The highest BCUT2D eigenvalue weighted by Crippen LogP contribution is 2.51. The largest absolute Gasteiger partial charge is 0.444 e. The molecule has 1 aromatic rings. The van der Waals surface area contributed by atoms with Gasteiger partial charge in [-0.05, 0) is 63.6 Å². The van der Waals surface area contributed by atoms with Crippen molar-refractivity contribution in [3.63, 3.8) is 0 Å². The molecule has 23 heavy (non-hydrogen) atoms. The molecule has 1 unspecified atom stereocenters. The topological polar surface area (TPSA) is 55.6 Å². The van der Waals surface area contributed by atoms with Crippen molar-refractivity contribution < 1.29 is 9.53 Å². The van der Waals surface area contributed by atoms with Crippen LogP contribution in [0.1, 0.15) is 62.8 Å². The Kier molecular flexibility index (Phi) is 3.91. The summed E-state index contributed by atoms with van der Waals surface area (Å²) in [6, 6.07) is 6.57. The van der Waals surface area contributed by atoms with Crippen molar-refractivity contribution in [3.8, 4) is 0 Å². The second kappa shape index (κ2) is 5.52. The number of rotatable bonds is 0. The van der Waals surface area contributed by atoms with E-state index in [-0.39, 0.29) is 17.6 Å². The Labute approximate surface area is 139 Å². The normalized spacial score (nSPS) is 23.0. The van der Waals surface area contributed by atoms with Gasteiger partial charge in [0.25, 0.3) is 0 Å². The fraction of sp³-hybridized carbons (Fsp3) is 0.632. The number of hydrogen-bond acceptors (Lipinski definition) is 3. The summed E-state index contributed by atoms with van der Waals surface area (Å²) < 4.78 is 5.50. The number of benzene rings is 1. The van der Waals surface area contributed by atoms with E-state index in [9.17, 15) is 4.79 Å². The highest BCUT2D eigenvalue weighted by Gasteiger charge is 2.46. The summed E-state index contributed by atoms with van der Waals surface area (Å²) in [5.74, 6) is 0. The standard InChI is InChI=1S/C19H28N2O2/c1-13-6-5-7-14-15(20)12-19(16(13)14)8-10-21(11-9-19)17(22)23-18(2,3)4/h5-7,15H,8-12,20H2,1-4H3. The highest BCUT2D eigenvalue weighted by atomic mass is 16.6. The van der Waals surface area contributed by atoms with Crippen molar-refractivity contribution in [1.82, 2.24) is 4.90 Å². The number of piperidine rings is 1. The molecule has 1 atom stereocenters. The fourth-order valence-electron chi connectivity index (χ4n) is 4.25. The van der Waals surface area contributed by atoms with Gasteiger partial charge in [-0.25, -0.2) is 4.79 Å². The van der Waals surface area contributed by atoms with Gasteiger partial charge in [-0.15, -0.1) is 0 Å². The molecule has 1 fully saturated rings. The van der Waals surface area contributed by atoms with E-state index in [0.717, 1.165) is 32.4 Å². The number of likely N-dealkylation sites (tertiary alicyclic amines) is 1. The summed E-state index contributed by atoms with van der Waals surface area (Å²) in [5.41, 5.74) is 10.2. The number of nitrogens with zero attached hydrogens (tertiary/aromatic N) is 1. The Balaban J connectivity index is 1.77. The zero-order chi connectivity index (χ0) is 16.8. The minimum absolute atomic E-state index is 0.123. The van der Waals surface area contributed by atoms with Gasteiger partial charge in [0.1, 0.15) is 5.60 Å². The van der Waals surface area contributed by atoms with Crippen LogP contribution in [-0.2, 0) is 10.2 Å². The SMILES string of the molecule is Cc1cccc2c1C1(CCN(C(=O)OC(C)(C)C)CC1)CC2N. The molecule has 0 radical (unpaired) electrons. The third-order valence-corrected chi connectivity index (χ3v) is 5.22. The van der Waals surface area contributed by atoms with Crippen molar-refractivity contribution in [2.45, 2.75) is 64.0 Å². The van der Waals surface area contributed by atoms with Crippen molar-refractivity contribution in [3.05, 3.63) is 34.9 Å². The van der Waals surface area contributed by atoms with Crippen molar-refractivity contribution in [1.29, 1.82) is 0 Å². The molecular weight excluding hydrogens is 288 g/mol. The average Bonchev–Trinajstić information content (AvgIpc) is 2.72. The minimum Gasteiger partial charge on any atom is -0.444 e. The zero-order valence-electron chi connectivity index (χ0n) is 14.7. The quantitative estimate of drug-likeness (QED) is 0.794. The van der Waals surface area contributed by atoms with Gasteiger partial charge in [-0.1, -0.05) is 18.2 Å². The van der Waals surface area contributed by atoms with E-state index in [0.29, 0.717) is 0 Å². The zero-order valence-corrected chi connectivity index (χ0v) is 14.7. The lowest BCUT2D eigenvalue weighted by molar-refractivity contribution is 0.0162. The van der Waals surface area contributed by atoms with Gasteiger partial charge in [0.15, 0.2) is 0 Å². The second-order valence-corrected chi connectivity index (χ2v) is 8.10. The van der Waals surface area contributed by atoms with Gasteiger partial charge in [0.2, 0.25) is 0 Å². The molecular formula is C19H28N2O2. The molecule has 4 heteroatoms. The number of fused-ring (bicyclic) bond motifs is 2. The maximum atomic E-state index is 12.3. The van der Waals surface area contributed by atoms with E-state index < -0.39 is 5.60 Å². The third-order valence-electron chi connectivity index (χ3n) is 5.22. The van der Waals surface area contributed by atoms with Crippen LogP contribution in [0.4, 0.5) is 4.79 Å². The van der Waals surface area contributed by atoms with Gasteiger partial charge >= 0.3 is 6.09 Å². The number of aryl methyl sites for hydroxylation is 1. The van der Waals surface area contributed by atoms with Crippen LogP contribution in [-0.4, -0.2) is 29.7 Å². The Morgan fingerprint density at radius 1 is 1.30 bits per heavy atom. The van der Waals surface area contributed by atoms with Crippen LogP contribution < -0.4 is 5.73 Å². The van der Waals surface area contributed by atoms with Gasteiger partial charge in [0.05, 0.1) is 0 Å². The van der Waals surface area contributed by atoms with Crippen LogP contribution >= 0.6 is 0 Å². The summed E-state index contributed by atoms with van der Waals surface area (Å²) in [6.45, 7) is 9.40. The first-order valence-electron chi connectivity index (χ1n) is 8.55. The fourth-order valence-corrected chi connectivity index (χ4v) is 4.25. The Hall–Kier alpha value is -1.55. The van der Waals surface area contributed by atoms with Crippen LogP contribution in [0.2, 0.25) is 0 Å². The maximum Gasteiger partial charge on any atom is 0.410 e. The smallest absolute Gasteiger partial charge is 0.410 e. The molecule has 4 nitrogen and oxygen atoms in total. The van der Waals surface area contributed by atoms with Crippen LogP contribution in [0, 0.1) is 6.92 Å². The van der Waals surface area contributed by atoms with E-state index in [4.69, 9.17) is 10.5 Å². The maximum absolute atomic E-state index is 12.3. The summed E-state index contributed by atoms with van der Waals surface area (Å²) in [6.07, 6.45) is 2.74. The van der Waals surface area contributed by atoms with Crippen molar-refractivity contribution in [2.24, 2.45) is 5.73 Å². The molecule has 1 aliphatic carbocycles. The Morgan fingerprint density at radius 2 is 1.96 bits per heavy atom. The third kappa shape index (κ3) is 2.97. The van der Waals surface area contributed by atoms with Gasteiger partial charge < -0.3 is 15.4 Å². The Bertz CT molecular complexity index is 610. The number of carbonyl (C=O) groups is 1. The van der Waals surface area contributed by atoms with E-state index in [1.807, 2.05) is 25.7 Å². The Morgan fingerprint density at radius 3 is 2.57 bits per heavy atom. The molecule has 1 aromatic carbocycles. The molecule has 1 aliphatic heterocycles. The average molecular weight is 316 g/mol. The second-order valence-electron chi connectivity index (χ2n) is 8.10. The first-order chi connectivity index (χ1) is 10.7. The van der Waals surface area contributed by atoms with Crippen LogP contribution in [0.25, 0.3) is 0 Å². The van der Waals surface area contributed by atoms with E-state index in [1.54, 1.807) is 0 Å². The molecule has 1 heterocycles. The predicted octanol–water partition coefficient (Wildman–Crippen LogP) is 3.67. The lowest BCUT2D eigenvalue weighted by atomic mass is 9.72. The van der Waals surface area contributed by atoms with E-state index >= 15 is 0 Å². The minimum atomic E-state index is -0.439. The van der Waals surface area contributed by atoms with Crippen molar-refractivity contribution in [2.75, 3.05) is 13.1 Å². The molecule has 3 rings (SSSR count). The molecule has 1 amide bonds. The first kappa shape index (κ1) is 16.3. The summed E-state index contributed by atoms with van der Waals surface area (Å²) >= 11 is 0. The molecule has 0 saturated carbocycles. The lowest BCUT2D eigenvalue weighted by Crippen LogP contribution is -2.46. The number of carbonyl (C=O) groups excluding carboxylic acids is 1. The molecule has 126 valence electrons. The van der Waals surface area contributed by atoms with Gasteiger partial charge in [-0.2, -0.15) is 0 Å². The van der Waals surface area contributed by atoms with Gasteiger partial charge in [-0.3, -0.25) is 0 Å². The van der Waals surface area contributed by atoms with Gasteiger partial charge in [0, 0.05) is 24.5 Å². The number of amides is 1. The molecule has 0 bridgehead atoms. The summed E-state index contributed by atoms with van der Waals surface area (Å²) in [4.78, 5) is 14.1. The lowest BCUT2D eigenvalue weighted by Gasteiger charge is -2.41. The van der Waals surface area contributed by atoms with E-state index in [2.05, 4.69) is 25.1 Å². The molecule has 2 aliphatic rings. The monoisotopic (exact) mass is 316 g/mol. The number of nitrogens with two attached hydrogens (primary N) is 1. The first-order valence-corrected chi connectivity index (χ1v) is 8.55. The van der Waals surface area contributed by atoms with Crippen LogP contribution in [0.15, 0.2) is 18.2 Å². The predicted molar refractivity (Wildman–Crippen MR) is 91.4 cm³/mol.